The maximum absolute atomic E-state index is 12.4. The Morgan fingerprint density at radius 2 is 2.14 bits per heavy atom. The van der Waals surface area contributed by atoms with Crippen LogP contribution >= 0.6 is 24.8 Å². The number of halogens is 2. The van der Waals surface area contributed by atoms with Gasteiger partial charge >= 0.3 is 0 Å². The Hall–Kier alpha value is -1.57. The second kappa shape index (κ2) is 11.4. The number of hydrogen-bond donors (Lipinski definition) is 2. The zero-order valence-corrected chi connectivity index (χ0v) is 17.9. The van der Waals surface area contributed by atoms with E-state index in [2.05, 4.69) is 22.1 Å². The Morgan fingerprint density at radius 1 is 1.36 bits per heavy atom. The normalized spacial score (nSPS) is 21.9. The molecule has 0 aromatic carbocycles. The highest BCUT2D eigenvalue weighted by Gasteiger charge is 2.34. The van der Waals surface area contributed by atoms with Crippen LogP contribution in [0.25, 0.3) is 0 Å². The summed E-state index contributed by atoms with van der Waals surface area (Å²) in [4.78, 5) is 32.3. The van der Waals surface area contributed by atoms with Crippen LogP contribution in [-0.2, 0) is 16.1 Å². The zero-order chi connectivity index (χ0) is 18.5. The number of carbonyl (C=O) groups is 2. The monoisotopic (exact) mass is 431 g/mol. The summed E-state index contributed by atoms with van der Waals surface area (Å²) in [5.41, 5.74) is 6.99. The minimum absolute atomic E-state index is 0. The number of nitrogens with two attached hydrogens (primary N) is 1. The van der Waals surface area contributed by atoms with E-state index < -0.39 is 0 Å². The number of carbonyl (C=O) groups excluding carboxylic acids is 2. The summed E-state index contributed by atoms with van der Waals surface area (Å²) in [5.74, 6) is 1.04. The first-order valence-electron chi connectivity index (χ1n) is 9.55. The average molecular weight is 432 g/mol. The predicted molar refractivity (Wildman–Crippen MR) is 115 cm³/mol. The van der Waals surface area contributed by atoms with Crippen molar-refractivity contribution in [2.45, 2.75) is 45.2 Å². The van der Waals surface area contributed by atoms with Crippen molar-refractivity contribution < 1.29 is 9.59 Å². The highest BCUT2D eigenvalue weighted by molar-refractivity contribution is 5.86. The first kappa shape index (κ1) is 24.5. The zero-order valence-electron chi connectivity index (χ0n) is 16.3. The molecule has 3 heterocycles. The first-order chi connectivity index (χ1) is 12.6. The Morgan fingerprint density at radius 3 is 2.79 bits per heavy atom. The molecule has 0 unspecified atom stereocenters. The molecular weight excluding hydrogens is 401 g/mol. The van der Waals surface area contributed by atoms with Gasteiger partial charge in [-0.3, -0.25) is 14.5 Å². The van der Waals surface area contributed by atoms with Gasteiger partial charge in [0.05, 0.1) is 6.54 Å². The van der Waals surface area contributed by atoms with Gasteiger partial charge in [0.2, 0.25) is 11.8 Å². The number of rotatable bonds is 7. The van der Waals surface area contributed by atoms with Crippen molar-refractivity contribution in [1.82, 2.24) is 20.1 Å². The number of anilines is 1. The van der Waals surface area contributed by atoms with E-state index in [1.807, 2.05) is 12.1 Å². The Kier molecular flexibility index (Phi) is 9.99. The number of nitrogen functional groups attached to an aromatic ring is 1. The molecule has 28 heavy (non-hydrogen) atoms. The van der Waals surface area contributed by atoms with Crippen molar-refractivity contribution >= 4 is 42.4 Å². The van der Waals surface area contributed by atoms with Gasteiger partial charge < -0.3 is 16.0 Å². The summed E-state index contributed by atoms with van der Waals surface area (Å²) in [7, 11) is 0. The molecule has 1 aromatic rings. The van der Waals surface area contributed by atoms with Crippen LogP contribution in [0.15, 0.2) is 18.3 Å². The summed E-state index contributed by atoms with van der Waals surface area (Å²) in [6.45, 7) is 5.54. The molecule has 3 rings (SSSR count). The maximum Gasteiger partial charge on any atom is 0.239 e. The van der Waals surface area contributed by atoms with Crippen LogP contribution in [0.3, 0.4) is 0 Å². The molecule has 2 fully saturated rings. The van der Waals surface area contributed by atoms with E-state index in [0.717, 1.165) is 44.5 Å². The van der Waals surface area contributed by atoms with Crippen LogP contribution in [-0.4, -0.2) is 58.8 Å². The van der Waals surface area contributed by atoms with Crippen LogP contribution in [0.2, 0.25) is 0 Å². The van der Waals surface area contributed by atoms with E-state index in [4.69, 9.17) is 5.73 Å². The smallest absolute Gasteiger partial charge is 0.239 e. The van der Waals surface area contributed by atoms with Gasteiger partial charge in [-0.25, -0.2) is 4.98 Å². The van der Waals surface area contributed by atoms with Crippen LogP contribution in [0, 0.1) is 5.92 Å². The largest absolute Gasteiger partial charge is 0.383 e. The van der Waals surface area contributed by atoms with Gasteiger partial charge in [-0.1, -0.05) is 19.4 Å². The molecule has 2 aliphatic rings. The molecule has 0 aliphatic carbocycles. The van der Waals surface area contributed by atoms with E-state index in [1.165, 1.54) is 0 Å². The third-order valence-corrected chi connectivity index (χ3v) is 5.35. The fourth-order valence-corrected chi connectivity index (χ4v) is 4.04. The Balaban J connectivity index is 0.00000196. The van der Waals surface area contributed by atoms with Crippen LogP contribution < -0.4 is 11.1 Å². The number of pyridine rings is 1. The fraction of sp³-hybridized carbons (Fsp3) is 0.632. The van der Waals surface area contributed by atoms with Gasteiger partial charge in [0.1, 0.15) is 5.82 Å². The molecule has 158 valence electrons. The molecular formula is C19H31Cl2N5O2. The molecule has 2 amide bonds. The summed E-state index contributed by atoms with van der Waals surface area (Å²) in [6.07, 6.45) is 5.28. The molecule has 2 aliphatic heterocycles. The topological polar surface area (TPSA) is 91.6 Å². The van der Waals surface area contributed by atoms with Crippen LogP contribution in [0.1, 0.15) is 38.2 Å². The second-order valence-corrected chi connectivity index (χ2v) is 7.38. The average Bonchev–Trinajstić information content (AvgIpc) is 3.17. The molecule has 1 aromatic heterocycles. The Bertz CT molecular complexity index is 661. The minimum Gasteiger partial charge on any atom is -0.383 e. The third kappa shape index (κ3) is 6.22. The number of nitrogens with one attached hydrogen (secondary N) is 1. The SMILES string of the molecule is CCC[C@H]1CN(Cc2cccnc2N)C[C@@H]1NC(=O)CN1CCCC1=O.Cl.Cl. The van der Waals surface area contributed by atoms with Crippen molar-refractivity contribution in [2.75, 3.05) is 31.9 Å². The fourth-order valence-electron chi connectivity index (χ4n) is 4.04. The number of likely N-dealkylation sites (tertiary alicyclic amines) is 2. The van der Waals surface area contributed by atoms with Crippen LogP contribution in [0.5, 0.6) is 0 Å². The van der Waals surface area contributed by atoms with Gasteiger partial charge in [-0.15, -0.1) is 24.8 Å². The highest BCUT2D eigenvalue weighted by atomic mass is 35.5. The number of amides is 2. The molecule has 9 heteroatoms. The second-order valence-electron chi connectivity index (χ2n) is 7.38. The lowest BCUT2D eigenvalue weighted by atomic mass is 9.98. The molecule has 2 atom stereocenters. The van der Waals surface area contributed by atoms with Crippen molar-refractivity contribution in [3.63, 3.8) is 0 Å². The molecule has 0 saturated carbocycles. The first-order valence-corrected chi connectivity index (χ1v) is 9.55. The van der Waals surface area contributed by atoms with Gasteiger partial charge in [0.25, 0.3) is 0 Å². The summed E-state index contributed by atoms with van der Waals surface area (Å²) < 4.78 is 0. The minimum atomic E-state index is -0.0471. The summed E-state index contributed by atoms with van der Waals surface area (Å²) >= 11 is 0. The van der Waals surface area contributed by atoms with Gasteiger partial charge in [-0.2, -0.15) is 0 Å². The molecule has 7 nitrogen and oxygen atoms in total. The van der Waals surface area contributed by atoms with Gasteiger partial charge in [-0.05, 0) is 24.8 Å². The molecule has 0 radical (unpaired) electrons. The number of hydrogen-bond acceptors (Lipinski definition) is 5. The third-order valence-electron chi connectivity index (χ3n) is 5.35. The highest BCUT2D eigenvalue weighted by Crippen LogP contribution is 2.24. The van der Waals surface area contributed by atoms with Gasteiger partial charge in [0.15, 0.2) is 0 Å². The van der Waals surface area contributed by atoms with E-state index in [-0.39, 0.29) is 49.2 Å². The molecule has 0 bridgehead atoms. The van der Waals surface area contributed by atoms with Crippen molar-refractivity contribution in [3.8, 4) is 0 Å². The molecule has 2 saturated heterocycles. The summed E-state index contributed by atoms with van der Waals surface area (Å²) in [6, 6.07) is 4.03. The maximum atomic E-state index is 12.4. The van der Waals surface area contributed by atoms with Gasteiger partial charge in [0, 0.05) is 50.4 Å². The molecule has 3 N–H and O–H groups in total. The van der Waals surface area contributed by atoms with E-state index >= 15 is 0 Å². The van der Waals surface area contributed by atoms with E-state index in [0.29, 0.717) is 24.7 Å². The number of nitrogens with zero attached hydrogens (tertiary/aromatic N) is 3. The molecule has 0 spiro atoms. The number of aromatic nitrogens is 1. The standard InChI is InChI=1S/C19H29N5O2.2ClH/c1-2-5-14-10-23(11-15-6-3-8-21-19(15)20)12-16(14)22-17(25)13-24-9-4-7-18(24)26;;/h3,6,8,14,16H,2,4-5,7,9-13H2,1H3,(H2,20,21)(H,22,25);2*1H/t14-,16-;;/m0../s1. The lowest BCUT2D eigenvalue weighted by Gasteiger charge is -2.22. The summed E-state index contributed by atoms with van der Waals surface area (Å²) in [5, 5.41) is 3.17. The van der Waals surface area contributed by atoms with Crippen molar-refractivity contribution in [3.05, 3.63) is 23.9 Å². The van der Waals surface area contributed by atoms with Crippen molar-refractivity contribution in [2.24, 2.45) is 5.92 Å². The quantitative estimate of drug-likeness (QED) is 0.686. The predicted octanol–water partition coefficient (Wildman–Crippen LogP) is 1.85. The van der Waals surface area contributed by atoms with E-state index in [9.17, 15) is 9.59 Å². The Labute approximate surface area is 179 Å². The van der Waals surface area contributed by atoms with E-state index in [1.54, 1.807) is 11.1 Å². The van der Waals surface area contributed by atoms with Crippen LogP contribution in [0.4, 0.5) is 5.82 Å². The lowest BCUT2D eigenvalue weighted by molar-refractivity contribution is -0.133. The lowest BCUT2D eigenvalue weighted by Crippen LogP contribution is -2.45. The van der Waals surface area contributed by atoms with Crippen molar-refractivity contribution in [1.29, 1.82) is 0 Å².